The zero-order valence-electron chi connectivity index (χ0n) is 14.2. The van der Waals surface area contributed by atoms with Crippen molar-refractivity contribution in [1.29, 1.82) is 0 Å². The van der Waals surface area contributed by atoms with Crippen LogP contribution >= 0.6 is 11.8 Å². The van der Waals surface area contributed by atoms with Crippen molar-refractivity contribution in [3.63, 3.8) is 0 Å². The zero-order chi connectivity index (χ0) is 18.0. The number of methoxy groups -OCH3 is 1. The van der Waals surface area contributed by atoms with E-state index in [-0.39, 0.29) is 11.7 Å². The smallest absolute Gasteiger partial charge is 0.266 e. The van der Waals surface area contributed by atoms with Gasteiger partial charge in [-0.05, 0) is 42.5 Å². The number of benzene rings is 2. The molecule has 5 nitrogen and oxygen atoms in total. The number of amidine groups is 1. The minimum absolute atomic E-state index is 0.0119. The zero-order valence-corrected chi connectivity index (χ0v) is 15.0. The van der Waals surface area contributed by atoms with Gasteiger partial charge in [0.2, 0.25) is 0 Å². The van der Waals surface area contributed by atoms with E-state index in [1.165, 1.54) is 23.8 Å². The molecule has 1 saturated heterocycles. The molecule has 1 amide bonds. The summed E-state index contributed by atoms with van der Waals surface area (Å²) in [6.45, 7) is 1.98. The average Bonchev–Trinajstić information content (AvgIpc) is 2.87. The number of amides is 1. The molecule has 0 aromatic heterocycles. The minimum Gasteiger partial charge on any atom is -0.504 e. The summed E-state index contributed by atoms with van der Waals surface area (Å²) in [5.74, 6) is 0.226. The predicted octanol–water partition coefficient (Wildman–Crippen LogP) is 3.94. The Hall–Kier alpha value is -2.73. The van der Waals surface area contributed by atoms with Crippen LogP contribution in [0.15, 0.2) is 52.4 Å². The van der Waals surface area contributed by atoms with Crippen LogP contribution in [0.3, 0.4) is 0 Å². The topological polar surface area (TPSA) is 62.1 Å². The molecule has 0 aliphatic carbocycles. The van der Waals surface area contributed by atoms with Crippen molar-refractivity contribution >= 4 is 34.6 Å². The molecule has 25 heavy (non-hydrogen) atoms. The minimum atomic E-state index is -0.153. The van der Waals surface area contributed by atoms with Crippen molar-refractivity contribution in [2.24, 2.45) is 4.99 Å². The molecule has 1 aliphatic rings. The molecular formula is C19H18N2O3S. The number of carbonyl (C=O) groups is 1. The number of aliphatic imine (C=N–C) groups is 1. The summed E-state index contributed by atoms with van der Waals surface area (Å²) >= 11 is 1.28. The molecule has 1 N–H and O–H groups in total. The molecule has 128 valence electrons. The highest BCUT2D eigenvalue weighted by Gasteiger charge is 2.30. The van der Waals surface area contributed by atoms with Gasteiger partial charge in [-0.2, -0.15) is 0 Å². The molecule has 0 saturated carbocycles. The average molecular weight is 354 g/mol. The molecule has 2 aromatic carbocycles. The first-order valence-electron chi connectivity index (χ1n) is 7.69. The number of ether oxygens (including phenoxy) is 1. The van der Waals surface area contributed by atoms with Crippen LogP contribution < -0.4 is 4.74 Å². The molecule has 0 spiro atoms. The van der Waals surface area contributed by atoms with Gasteiger partial charge in [0.25, 0.3) is 5.91 Å². The third-order valence-corrected chi connectivity index (χ3v) is 4.93. The molecule has 0 atom stereocenters. The van der Waals surface area contributed by atoms with Gasteiger partial charge in [-0.3, -0.25) is 9.69 Å². The third-order valence-electron chi connectivity index (χ3n) is 3.87. The number of thioether (sulfide) groups is 1. The Bertz CT molecular complexity index is 890. The summed E-state index contributed by atoms with van der Waals surface area (Å²) in [6, 6.07) is 12.9. The Morgan fingerprint density at radius 2 is 1.96 bits per heavy atom. The van der Waals surface area contributed by atoms with E-state index in [0.29, 0.717) is 21.4 Å². The van der Waals surface area contributed by atoms with E-state index in [0.717, 1.165) is 11.3 Å². The summed E-state index contributed by atoms with van der Waals surface area (Å²) in [5.41, 5.74) is 2.40. The number of phenols is 1. The molecule has 3 rings (SSSR count). The number of nitrogens with zero attached hydrogens (tertiary/aromatic N) is 2. The van der Waals surface area contributed by atoms with E-state index in [9.17, 15) is 9.90 Å². The Morgan fingerprint density at radius 1 is 1.20 bits per heavy atom. The van der Waals surface area contributed by atoms with Crippen LogP contribution in [0.25, 0.3) is 6.08 Å². The van der Waals surface area contributed by atoms with Crippen molar-refractivity contribution < 1.29 is 14.6 Å². The van der Waals surface area contributed by atoms with Gasteiger partial charge in [-0.1, -0.05) is 30.3 Å². The number of likely N-dealkylation sites (N-methyl/N-ethyl adjacent to an activating group) is 1. The monoisotopic (exact) mass is 354 g/mol. The number of hydrogen-bond acceptors (Lipinski definition) is 5. The number of carbonyl (C=O) groups excluding carboxylic acids is 1. The fourth-order valence-electron chi connectivity index (χ4n) is 2.41. The van der Waals surface area contributed by atoms with E-state index < -0.39 is 0 Å². The van der Waals surface area contributed by atoms with Gasteiger partial charge in [0.15, 0.2) is 16.7 Å². The van der Waals surface area contributed by atoms with Crippen molar-refractivity contribution in [2.75, 3.05) is 14.2 Å². The molecule has 6 heteroatoms. The maximum absolute atomic E-state index is 12.5. The molecule has 0 bridgehead atoms. The highest BCUT2D eigenvalue weighted by atomic mass is 32.2. The molecule has 0 radical (unpaired) electrons. The molecule has 1 fully saturated rings. The van der Waals surface area contributed by atoms with Crippen LogP contribution in [-0.4, -0.2) is 35.2 Å². The predicted molar refractivity (Wildman–Crippen MR) is 101 cm³/mol. The second kappa shape index (κ2) is 7.03. The van der Waals surface area contributed by atoms with E-state index in [1.54, 1.807) is 31.3 Å². The van der Waals surface area contributed by atoms with Gasteiger partial charge in [0.1, 0.15) is 0 Å². The molecular weight excluding hydrogens is 336 g/mol. The van der Waals surface area contributed by atoms with E-state index in [1.807, 2.05) is 31.2 Å². The van der Waals surface area contributed by atoms with Gasteiger partial charge in [0.05, 0.1) is 17.7 Å². The fraction of sp³-hybridized carbons (Fsp3) is 0.158. The second-order valence-corrected chi connectivity index (χ2v) is 6.56. The first-order valence-corrected chi connectivity index (χ1v) is 8.51. The van der Waals surface area contributed by atoms with Crippen molar-refractivity contribution in [3.8, 4) is 11.5 Å². The van der Waals surface area contributed by atoms with Crippen molar-refractivity contribution in [1.82, 2.24) is 4.90 Å². The van der Waals surface area contributed by atoms with Gasteiger partial charge in [-0.15, -0.1) is 0 Å². The largest absolute Gasteiger partial charge is 0.504 e. The maximum atomic E-state index is 12.5. The summed E-state index contributed by atoms with van der Waals surface area (Å²) in [4.78, 5) is 19.1. The van der Waals surface area contributed by atoms with Crippen LogP contribution in [0.4, 0.5) is 5.69 Å². The lowest BCUT2D eigenvalue weighted by atomic mass is 10.1. The number of para-hydroxylation sites is 2. The Kier molecular flexibility index (Phi) is 4.81. The molecule has 1 aliphatic heterocycles. The number of phenolic OH excluding ortho intramolecular Hbond substituents is 1. The summed E-state index contributed by atoms with van der Waals surface area (Å²) in [5, 5.41) is 10.8. The lowest BCUT2D eigenvalue weighted by molar-refractivity contribution is -0.121. The van der Waals surface area contributed by atoms with Gasteiger partial charge < -0.3 is 9.84 Å². The summed E-state index contributed by atoms with van der Waals surface area (Å²) < 4.78 is 5.11. The Labute approximate surface area is 150 Å². The lowest BCUT2D eigenvalue weighted by Gasteiger charge is -2.08. The maximum Gasteiger partial charge on any atom is 0.266 e. The van der Waals surface area contributed by atoms with E-state index >= 15 is 0 Å². The number of rotatable bonds is 3. The fourth-order valence-corrected chi connectivity index (χ4v) is 3.38. The normalized spacial score (nSPS) is 17.6. The highest BCUT2D eigenvalue weighted by molar-refractivity contribution is 8.18. The quantitative estimate of drug-likeness (QED) is 0.848. The van der Waals surface area contributed by atoms with Gasteiger partial charge >= 0.3 is 0 Å². The summed E-state index contributed by atoms with van der Waals surface area (Å²) in [7, 11) is 3.18. The van der Waals surface area contributed by atoms with E-state index in [2.05, 4.69) is 4.99 Å². The van der Waals surface area contributed by atoms with Crippen LogP contribution in [0.2, 0.25) is 0 Å². The van der Waals surface area contributed by atoms with Crippen LogP contribution in [-0.2, 0) is 4.79 Å². The Balaban J connectivity index is 1.96. The van der Waals surface area contributed by atoms with Crippen LogP contribution in [0, 0.1) is 6.92 Å². The van der Waals surface area contributed by atoms with Gasteiger partial charge in [0, 0.05) is 12.6 Å². The summed E-state index contributed by atoms with van der Waals surface area (Å²) in [6.07, 6.45) is 1.65. The highest BCUT2D eigenvalue weighted by Crippen LogP contribution is 2.37. The molecule has 1 heterocycles. The van der Waals surface area contributed by atoms with Crippen molar-refractivity contribution in [3.05, 3.63) is 58.5 Å². The molecule has 2 aromatic rings. The van der Waals surface area contributed by atoms with Crippen LogP contribution in [0.5, 0.6) is 11.5 Å². The number of aromatic hydroxyl groups is 1. The second-order valence-electron chi connectivity index (χ2n) is 5.55. The number of aryl methyl sites for hydroxylation is 1. The first kappa shape index (κ1) is 17.1. The Morgan fingerprint density at radius 3 is 2.68 bits per heavy atom. The lowest BCUT2D eigenvalue weighted by Crippen LogP contribution is -2.23. The third kappa shape index (κ3) is 3.39. The van der Waals surface area contributed by atoms with E-state index in [4.69, 9.17) is 4.74 Å². The molecule has 0 unspecified atom stereocenters. The SMILES string of the molecule is COc1cccc(/C=C2/SC(=Nc3ccccc3C)N(C)C2=O)c1O. The van der Waals surface area contributed by atoms with Crippen LogP contribution in [0.1, 0.15) is 11.1 Å². The first-order chi connectivity index (χ1) is 12.0. The van der Waals surface area contributed by atoms with Crippen molar-refractivity contribution in [2.45, 2.75) is 6.92 Å². The van der Waals surface area contributed by atoms with Gasteiger partial charge in [-0.25, -0.2) is 4.99 Å². The standard InChI is InChI=1S/C19H18N2O3S/c1-12-7-4-5-9-14(12)20-19-21(2)18(23)16(25-19)11-13-8-6-10-15(24-3)17(13)22/h4-11,22H,1-3H3/b16-11+,20-19?. The number of hydrogen-bond donors (Lipinski definition) is 1.